The van der Waals surface area contributed by atoms with E-state index in [0.29, 0.717) is 17.3 Å². The van der Waals surface area contributed by atoms with Gasteiger partial charge in [0.15, 0.2) is 0 Å². The quantitative estimate of drug-likeness (QED) is 0.902. The summed E-state index contributed by atoms with van der Waals surface area (Å²) >= 11 is 6.01. The second-order valence-electron chi connectivity index (χ2n) is 6.10. The van der Waals surface area contributed by atoms with Crippen LogP contribution in [0, 0.1) is 0 Å². The van der Waals surface area contributed by atoms with Gasteiger partial charge in [-0.3, -0.25) is 4.98 Å². The second-order valence-corrected chi connectivity index (χ2v) is 6.54. The van der Waals surface area contributed by atoms with Crippen molar-refractivity contribution in [3.8, 4) is 11.3 Å². The Hall–Kier alpha value is -1.42. The summed E-state index contributed by atoms with van der Waals surface area (Å²) in [5, 5.41) is 14.2. The average Bonchev–Trinajstić information content (AvgIpc) is 2.44. The van der Waals surface area contributed by atoms with Crippen LogP contribution < -0.4 is 5.32 Å². The first kappa shape index (κ1) is 16.0. The van der Waals surface area contributed by atoms with Crippen molar-refractivity contribution in [1.29, 1.82) is 0 Å². The third-order valence-corrected chi connectivity index (χ3v) is 3.29. The number of β-amino-alcohol motifs (C(OH)–C–C–N with tert-alkyl or cyclic N) is 1. The number of benzene rings is 1. The standard InChI is InChI=1S/C17H21ClN2O/c1-17(2,3)19-11-16(21)15-9-5-8-14(20-15)12-6-4-7-13(18)10-12/h4-10,16,19,21H,11H2,1-3H3/t16-/m0/s1. The van der Waals surface area contributed by atoms with Crippen LogP contribution in [0.4, 0.5) is 0 Å². The number of pyridine rings is 1. The molecule has 0 saturated heterocycles. The molecule has 0 bridgehead atoms. The summed E-state index contributed by atoms with van der Waals surface area (Å²) in [4.78, 5) is 4.54. The molecule has 0 unspecified atom stereocenters. The van der Waals surface area contributed by atoms with Crippen molar-refractivity contribution in [1.82, 2.24) is 10.3 Å². The first-order chi connectivity index (χ1) is 9.85. The minimum absolute atomic E-state index is 0.0362. The van der Waals surface area contributed by atoms with Gasteiger partial charge >= 0.3 is 0 Å². The molecule has 4 heteroatoms. The van der Waals surface area contributed by atoms with E-state index in [-0.39, 0.29) is 5.54 Å². The number of aromatic nitrogens is 1. The van der Waals surface area contributed by atoms with Crippen molar-refractivity contribution in [2.24, 2.45) is 0 Å². The molecule has 1 atom stereocenters. The van der Waals surface area contributed by atoms with E-state index in [1.807, 2.05) is 42.5 Å². The number of halogens is 1. The van der Waals surface area contributed by atoms with Gasteiger partial charge < -0.3 is 10.4 Å². The fourth-order valence-electron chi connectivity index (χ4n) is 1.95. The zero-order chi connectivity index (χ0) is 15.5. The molecule has 2 aromatic rings. The normalized spacial score (nSPS) is 13.2. The van der Waals surface area contributed by atoms with Gasteiger partial charge in [-0.25, -0.2) is 0 Å². The van der Waals surface area contributed by atoms with Gasteiger partial charge in [0, 0.05) is 22.7 Å². The van der Waals surface area contributed by atoms with E-state index in [0.717, 1.165) is 11.3 Å². The minimum Gasteiger partial charge on any atom is -0.385 e. The average molecular weight is 305 g/mol. The molecule has 0 aliphatic heterocycles. The molecule has 1 aromatic carbocycles. The molecule has 21 heavy (non-hydrogen) atoms. The summed E-state index contributed by atoms with van der Waals surface area (Å²) < 4.78 is 0. The van der Waals surface area contributed by atoms with Gasteiger partial charge in [0.05, 0.1) is 11.4 Å². The highest BCUT2D eigenvalue weighted by atomic mass is 35.5. The highest BCUT2D eigenvalue weighted by Crippen LogP contribution is 2.22. The number of nitrogens with zero attached hydrogens (tertiary/aromatic N) is 1. The lowest BCUT2D eigenvalue weighted by Gasteiger charge is -2.22. The largest absolute Gasteiger partial charge is 0.385 e. The Kier molecular flexibility index (Phi) is 4.99. The van der Waals surface area contributed by atoms with Gasteiger partial charge in [-0.2, -0.15) is 0 Å². The zero-order valence-electron chi connectivity index (χ0n) is 12.6. The Labute approximate surface area is 131 Å². The van der Waals surface area contributed by atoms with Gasteiger partial charge in [-0.1, -0.05) is 29.8 Å². The number of aliphatic hydroxyl groups is 1. The van der Waals surface area contributed by atoms with Crippen molar-refractivity contribution < 1.29 is 5.11 Å². The van der Waals surface area contributed by atoms with E-state index >= 15 is 0 Å². The number of hydrogen-bond donors (Lipinski definition) is 2. The summed E-state index contributed by atoms with van der Waals surface area (Å²) in [5.41, 5.74) is 2.38. The number of nitrogens with one attached hydrogen (secondary N) is 1. The Balaban J connectivity index is 2.18. The third-order valence-electron chi connectivity index (χ3n) is 3.06. The predicted octanol–water partition coefficient (Wildman–Crippen LogP) is 3.82. The number of hydrogen-bond acceptors (Lipinski definition) is 3. The molecular weight excluding hydrogens is 284 g/mol. The van der Waals surface area contributed by atoms with Gasteiger partial charge in [0.1, 0.15) is 6.10 Å². The monoisotopic (exact) mass is 304 g/mol. The van der Waals surface area contributed by atoms with Crippen molar-refractivity contribution in [3.05, 3.63) is 53.2 Å². The fraction of sp³-hybridized carbons (Fsp3) is 0.353. The zero-order valence-corrected chi connectivity index (χ0v) is 13.4. The predicted molar refractivity (Wildman–Crippen MR) is 87.4 cm³/mol. The molecule has 112 valence electrons. The van der Waals surface area contributed by atoms with Gasteiger partial charge in [-0.05, 0) is 45.0 Å². The van der Waals surface area contributed by atoms with Crippen molar-refractivity contribution >= 4 is 11.6 Å². The number of rotatable bonds is 4. The molecule has 2 N–H and O–H groups in total. The Morgan fingerprint density at radius 1 is 1.19 bits per heavy atom. The van der Waals surface area contributed by atoms with E-state index in [4.69, 9.17) is 11.6 Å². The second kappa shape index (κ2) is 6.56. The summed E-state index contributed by atoms with van der Waals surface area (Å²) in [7, 11) is 0. The number of aliphatic hydroxyl groups excluding tert-OH is 1. The summed E-state index contributed by atoms with van der Waals surface area (Å²) in [5.74, 6) is 0. The van der Waals surface area contributed by atoms with Crippen LogP contribution >= 0.6 is 11.6 Å². The first-order valence-corrected chi connectivity index (χ1v) is 7.39. The molecule has 1 aromatic heterocycles. The molecule has 2 rings (SSSR count). The lowest BCUT2D eigenvalue weighted by atomic mass is 10.1. The molecule has 0 amide bonds. The topological polar surface area (TPSA) is 45.1 Å². The SMILES string of the molecule is CC(C)(C)NC[C@H](O)c1cccc(-c2cccc(Cl)c2)n1. The maximum atomic E-state index is 10.3. The Bertz CT molecular complexity index is 608. The molecule has 3 nitrogen and oxygen atoms in total. The molecule has 0 radical (unpaired) electrons. The lowest BCUT2D eigenvalue weighted by molar-refractivity contribution is 0.159. The van der Waals surface area contributed by atoms with E-state index in [9.17, 15) is 5.11 Å². The van der Waals surface area contributed by atoms with Crippen LogP contribution in [-0.4, -0.2) is 22.2 Å². The molecule has 0 spiro atoms. The molecule has 0 saturated carbocycles. The smallest absolute Gasteiger partial charge is 0.108 e. The molecule has 0 fully saturated rings. The summed E-state index contributed by atoms with van der Waals surface area (Å²) in [6.45, 7) is 6.66. The molecule has 0 aliphatic carbocycles. The lowest BCUT2D eigenvalue weighted by Crippen LogP contribution is -2.38. The van der Waals surface area contributed by atoms with Crippen LogP contribution in [0.1, 0.15) is 32.6 Å². The van der Waals surface area contributed by atoms with Gasteiger partial charge in [-0.15, -0.1) is 0 Å². The van der Waals surface area contributed by atoms with Gasteiger partial charge in [0.25, 0.3) is 0 Å². The molecular formula is C17H21ClN2O. The summed E-state index contributed by atoms with van der Waals surface area (Å²) in [6.07, 6.45) is -0.636. The van der Waals surface area contributed by atoms with Crippen molar-refractivity contribution in [3.63, 3.8) is 0 Å². The van der Waals surface area contributed by atoms with Crippen LogP contribution in [-0.2, 0) is 0 Å². The first-order valence-electron chi connectivity index (χ1n) is 7.01. The molecule has 1 heterocycles. The van der Waals surface area contributed by atoms with Gasteiger partial charge in [0.2, 0.25) is 0 Å². The minimum atomic E-state index is -0.636. The Morgan fingerprint density at radius 2 is 1.90 bits per heavy atom. The Morgan fingerprint density at radius 3 is 2.57 bits per heavy atom. The van der Waals surface area contributed by atoms with Crippen molar-refractivity contribution in [2.75, 3.05) is 6.54 Å². The van der Waals surface area contributed by atoms with Crippen LogP contribution in [0.5, 0.6) is 0 Å². The highest BCUT2D eigenvalue weighted by Gasteiger charge is 2.15. The summed E-state index contributed by atoms with van der Waals surface area (Å²) in [6, 6.07) is 13.2. The van der Waals surface area contributed by atoms with Crippen molar-refractivity contribution in [2.45, 2.75) is 32.4 Å². The van der Waals surface area contributed by atoms with Crippen LogP contribution in [0.25, 0.3) is 11.3 Å². The third kappa shape index (κ3) is 4.81. The fourth-order valence-corrected chi connectivity index (χ4v) is 2.14. The maximum absolute atomic E-state index is 10.3. The van der Waals surface area contributed by atoms with Crippen LogP contribution in [0.15, 0.2) is 42.5 Å². The van der Waals surface area contributed by atoms with E-state index in [1.165, 1.54) is 0 Å². The van der Waals surface area contributed by atoms with E-state index in [2.05, 4.69) is 31.1 Å². The van der Waals surface area contributed by atoms with Crippen LogP contribution in [0.2, 0.25) is 5.02 Å². The molecule has 0 aliphatic rings. The highest BCUT2D eigenvalue weighted by molar-refractivity contribution is 6.30. The van der Waals surface area contributed by atoms with E-state index in [1.54, 1.807) is 0 Å². The van der Waals surface area contributed by atoms with E-state index < -0.39 is 6.10 Å². The van der Waals surface area contributed by atoms with Crippen LogP contribution in [0.3, 0.4) is 0 Å². The maximum Gasteiger partial charge on any atom is 0.108 e.